The standard InChI is InChI=1S/C13H20N2O2.ClH/c1-3-13(15,4-2)9-17-12(16)10-5-7-11(14)8-6-10;/h5-8H,3-4,9,14-15H2,1-2H3;1H. The van der Waals surface area contributed by atoms with Gasteiger partial charge in [0.25, 0.3) is 0 Å². The number of nitrogen functional groups attached to an aromatic ring is 1. The number of carbonyl (C=O) groups excluding carboxylic acids is 1. The summed E-state index contributed by atoms with van der Waals surface area (Å²) in [7, 11) is 0. The van der Waals surface area contributed by atoms with E-state index in [4.69, 9.17) is 16.2 Å². The fourth-order valence-corrected chi connectivity index (χ4v) is 1.37. The summed E-state index contributed by atoms with van der Waals surface area (Å²) in [6.45, 7) is 4.21. The third-order valence-electron chi connectivity index (χ3n) is 3.05. The minimum absolute atomic E-state index is 0. The molecule has 0 amide bonds. The van der Waals surface area contributed by atoms with E-state index < -0.39 is 5.54 Å². The summed E-state index contributed by atoms with van der Waals surface area (Å²) in [5, 5.41) is 0. The first-order chi connectivity index (χ1) is 8.00. The third-order valence-corrected chi connectivity index (χ3v) is 3.05. The van der Waals surface area contributed by atoms with Gasteiger partial charge in [0.1, 0.15) is 6.61 Å². The molecule has 0 bridgehead atoms. The van der Waals surface area contributed by atoms with Crippen LogP contribution < -0.4 is 11.5 Å². The molecular formula is C13H21ClN2O2. The molecule has 0 aliphatic rings. The number of nitrogens with two attached hydrogens (primary N) is 2. The Bertz CT molecular complexity index is 375. The first-order valence-corrected chi connectivity index (χ1v) is 5.82. The third kappa shape index (κ3) is 4.55. The smallest absolute Gasteiger partial charge is 0.338 e. The van der Waals surface area contributed by atoms with Gasteiger partial charge in [-0.05, 0) is 37.1 Å². The van der Waals surface area contributed by atoms with Gasteiger partial charge in [-0.25, -0.2) is 4.79 Å². The van der Waals surface area contributed by atoms with Crippen LogP contribution in [0.5, 0.6) is 0 Å². The van der Waals surface area contributed by atoms with Gasteiger partial charge in [-0.1, -0.05) is 13.8 Å². The molecule has 0 aliphatic carbocycles. The molecule has 0 atom stereocenters. The Labute approximate surface area is 114 Å². The maximum Gasteiger partial charge on any atom is 0.338 e. The van der Waals surface area contributed by atoms with Crippen molar-refractivity contribution in [1.82, 2.24) is 0 Å². The molecule has 0 fully saturated rings. The number of hydrogen-bond acceptors (Lipinski definition) is 4. The second-order valence-corrected chi connectivity index (χ2v) is 4.27. The van der Waals surface area contributed by atoms with E-state index in [1.165, 1.54) is 0 Å². The minimum atomic E-state index is -0.427. The van der Waals surface area contributed by atoms with Gasteiger partial charge in [0.15, 0.2) is 0 Å². The van der Waals surface area contributed by atoms with E-state index in [1.54, 1.807) is 24.3 Å². The molecule has 0 saturated carbocycles. The number of esters is 1. The second kappa shape index (κ2) is 7.24. The fourth-order valence-electron chi connectivity index (χ4n) is 1.37. The van der Waals surface area contributed by atoms with Gasteiger partial charge < -0.3 is 16.2 Å². The molecule has 0 heterocycles. The lowest BCUT2D eigenvalue weighted by molar-refractivity contribution is 0.0397. The fraction of sp³-hybridized carbons (Fsp3) is 0.462. The molecule has 0 aliphatic heterocycles. The van der Waals surface area contributed by atoms with E-state index in [0.29, 0.717) is 11.3 Å². The first-order valence-electron chi connectivity index (χ1n) is 5.82. The van der Waals surface area contributed by atoms with Crippen molar-refractivity contribution in [3.05, 3.63) is 29.8 Å². The van der Waals surface area contributed by atoms with E-state index in [1.807, 2.05) is 13.8 Å². The summed E-state index contributed by atoms with van der Waals surface area (Å²) < 4.78 is 5.21. The van der Waals surface area contributed by atoms with Crippen molar-refractivity contribution in [2.75, 3.05) is 12.3 Å². The normalized spacial score (nSPS) is 10.6. The highest BCUT2D eigenvalue weighted by Crippen LogP contribution is 2.13. The van der Waals surface area contributed by atoms with Crippen molar-refractivity contribution in [3.8, 4) is 0 Å². The predicted molar refractivity (Wildman–Crippen MR) is 75.9 cm³/mol. The monoisotopic (exact) mass is 272 g/mol. The zero-order chi connectivity index (χ0) is 12.9. The van der Waals surface area contributed by atoms with Crippen LogP contribution in [0.4, 0.5) is 5.69 Å². The number of benzene rings is 1. The highest BCUT2D eigenvalue weighted by atomic mass is 35.5. The molecule has 0 saturated heterocycles. The maximum absolute atomic E-state index is 11.7. The Hall–Kier alpha value is -1.26. The summed E-state index contributed by atoms with van der Waals surface area (Å²) >= 11 is 0. The van der Waals surface area contributed by atoms with E-state index >= 15 is 0 Å². The van der Waals surface area contributed by atoms with Crippen LogP contribution in [0.1, 0.15) is 37.0 Å². The van der Waals surface area contributed by atoms with Crippen molar-refractivity contribution in [2.45, 2.75) is 32.2 Å². The topological polar surface area (TPSA) is 78.3 Å². The number of anilines is 1. The zero-order valence-corrected chi connectivity index (χ0v) is 11.6. The van der Waals surface area contributed by atoms with Crippen LogP contribution in [0.15, 0.2) is 24.3 Å². The van der Waals surface area contributed by atoms with Crippen LogP contribution in [0.3, 0.4) is 0 Å². The van der Waals surface area contributed by atoms with Crippen LogP contribution >= 0.6 is 12.4 Å². The summed E-state index contributed by atoms with van der Waals surface area (Å²) in [6.07, 6.45) is 1.55. The van der Waals surface area contributed by atoms with Gasteiger partial charge in [-0.2, -0.15) is 0 Å². The Balaban J connectivity index is 0.00000289. The van der Waals surface area contributed by atoms with Crippen molar-refractivity contribution in [3.63, 3.8) is 0 Å². The molecule has 18 heavy (non-hydrogen) atoms. The molecular weight excluding hydrogens is 252 g/mol. The molecule has 4 N–H and O–H groups in total. The van der Waals surface area contributed by atoms with Gasteiger partial charge in [0.2, 0.25) is 0 Å². The highest BCUT2D eigenvalue weighted by molar-refractivity contribution is 5.89. The second-order valence-electron chi connectivity index (χ2n) is 4.27. The molecule has 4 nitrogen and oxygen atoms in total. The SMILES string of the molecule is CCC(N)(CC)COC(=O)c1ccc(N)cc1.Cl. The summed E-state index contributed by atoms with van der Waals surface area (Å²) in [5.41, 5.74) is 12.3. The van der Waals surface area contributed by atoms with Crippen molar-refractivity contribution < 1.29 is 9.53 Å². The quantitative estimate of drug-likeness (QED) is 0.637. The van der Waals surface area contributed by atoms with E-state index in [9.17, 15) is 4.79 Å². The highest BCUT2D eigenvalue weighted by Gasteiger charge is 2.22. The van der Waals surface area contributed by atoms with Crippen LogP contribution in [-0.4, -0.2) is 18.1 Å². The number of ether oxygens (including phenoxy) is 1. The number of halogens is 1. The molecule has 1 rings (SSSR count). The average molecular weight is 273 g/mol. The Morgan fingerprint density at radius 1 is 1.22 bits per heavy atom. The average Bonchev–Trinajstić information content (AvgIpc) is 2.36. The van der Waals surface area contributed by atoms with Crippen molar-refractivity contribution >= 4 is 24.1 Å². The Kier molecular flexibility index (Phi) is 6.73. The molecule has 1 aromatic carbocycles. The molecule has 0 radical (unpaired) electrons. The Morgan fingerprint density at radius 2 is 1.72 bits per heavy atom. The molecule has 0 aromatic heterocycles. The molecule has 0 spiro atoms. The summed E-state index contributed by atoms with van der Waals surface area (Å²) in [4.78, 5) is 11.7. The maximum atomic E-state index is 11.7. The number of rotatable bonds is 5. The first kappa shape index (κ1) is 16.7. The van der Waals surface area contributed by atoms with E-state index in [0.717, 1.165) is 12.8 Å². The molecule has 5 heteroatoms. The minimum Gasteiger partial charge on any atom is -0.460 e. The summed E-state index contributed by atoms with van der Waals surface area (Å²) in [5.74, 6) is -0.360. The largest absolute Gasteiger partial charge is 0.460 e. The van der Waals surface area contributed by atoms with Gasteiger partial charge in [0.05, 0.1) is 5.56 Å². The lowest BCUT2D eigenvalue weighted by Crippen LogP contribution is -2.43. The van der Waals surface area contributed by atoms with Crippen molar-refractivity contribution in [1.29, 1.82) is 0 Å². The Morgan fingerprint density at radius 3 is 2.17 bits per heavy atom. The van der Waals surface area contributed by atoms with Crippen LogP contribution in [0.2, 0.25) is 0 Å². The van der Waals surface area contributed by atoms with Crippen molar-refractivity contribution in [2.24, 2.45) is 5.73 Å². The van der Waals surface area contributed by atoms with Gasteiger partial charge in [0, 0.05) is 11.2 Å². The van der Waals surface area contributed by atoms with Crippen LogP contribution in [-0.2, 0) is 4.74 Å². The lowest BCUT2D eigenvalue weighted by Gasteiger charge is -2.25. The van der Waals surface area contributed by atoms with Gasteiger partial charge >= 0.3 is 5.97 Å². The van der Waals surface area contributed by atoms with Crippen LogP contribution in [0, 0.1) is 0 Å². The van der Waals surface area contributed by atoms with E-state index in [2.05, 4.69) is 0 Å². The molecule has 1 aromatic rings. The van der Waals surface area contributed by atoms with Gasteiger partial charge in [-0.3, -0.25) is 0 Å². The number of hydrogen-bond donors (Lipinski definition) is 2. The predicted octanol–water partition coefficient (Wildman–Crippen LogP) is 2.36. The molecule has 0 unspecified atom stereocenters. The lowest BCUT2D eigenvalue weighted by atomic mass is 9.96. The van der Waals surface area contributed by atoms with Crippen LogP contribution in [0.25, 0.3) is 0 Å². The van der Waals surface area contributed by atoms with E-state index in [-0.39, 0.29) is 25.0 Å². The summed E-state index contributed by atoms with van der Waals surface area (Å²) in [6, 6.07) is 6.64. The molecule has 102 valence electrons. The van der Waals surface area contributed by atoms with Gasteiger partial charge in [-0.15, -0.1) is 12.4 Å². The zero-order valence-electron chi connectivity index (χ0n) is 10.8. The number of carbonyl (C=O) groups is 1.